The van der Waals surface area contributed by atoms with E-state index in [0.29, 0.717) is 0 Å². The molecule has 22 heavy (non-hydrogen) atoms. The summed E-state index contributed by atoms with van der Waals surface area (Å²) < 4.78 is 43.6. The lowest BCUT2D eigenvalue weighted by atomic mass is 10.1. The van der Waals surface area contributed by atoms with Crippen LogP contribution in [0.5, 0.6) is 0 Å². The van der Waals surface area contributed by atoms with Crippen molar-refractivity contribution in [1.82, 2.24) is 5.32 Å². The van der Waals surface area contributed by atoms with Gasteiger partial charge < -0.3 is 15.0 Å². The van der Waals surface area contributed by atoms with Crippen molar-refractivity contribution in [3.05, 3.63) is 29.8 Å². The molecule has 5 nitrogen and oxygen atoms in total. The third-order valence-corrected chi connectivity index (χ3v) is 2.76. The first-order valence-electron chi connectivity index (χ1n) is 6.62. The lowest BCUT2D eigenvalue weighted by Gasteiger charge is -2.24. The highest BCUT2D eigenvalue weighted by Crippen LogP contribution is 2.36. The van der Waals surface area contributed by atoms with Crippen LogP contribution in [0, 0.1) is 0 Å². The Morgan fingerprint density at radius 3 is 2.45 bits per heavy atom. The third kappa shape index (κ3) is 4.94. The zero-order valence-corrected chi connectivity index (χ0v) is 12.2. The molecule has 1 aromatic carbocycles. The Hall–Kier alpha value is -2.25. The van der Waals surface area contributed by atoms with Crippen LogP contribution in [-0.2, 0) is 15.7 Å². The highest BCUT2D eigenvalue weighted by atomic mass is 19.4. The van der Waals surface area contributed by atoms with Crippen molar-refractivity contribution < 1.29 is 27.5 Å². The maximum absolute atomic E-state index is 13.0. The first kappa shape index (κ1) is 17.8. The van der Waals surface area contributed by atoms with Crippen molar-refractivity contribution in [1.29, 1.82) is 0 Å². The molecule has 0 radical (unpaired) electrons. The Kier molecular flexibility index (Phi) is 6.21. The first-order chi connectivity index (χ1) is 10.3. The largest absolute Gasteiger partial charge is 0.450 e. The molecule has 0 saturated carbocycles. The number of amides is 2. The number of nitrogens with one attached hydrogen (secondary N) is 1. The molecule has 0 heterocycles. The van der Waals surface area contributed by atoms with Crippen LogP contribution in [0.2, 0.25) is 0 Å². The van der Waals surface area contributed by atoms with Crippen LogP contribution in [0.3, 0.4) is 0 Å². The van der Waals surface area contributed by atoms with Crippen LogP contribution in [0.15, 0.2) is 24.3 Å². The number of halogens is 3. The van der Waals surface area contributed by atoms with E-state index < -0.39 is 23.7 Å². The average molecular weight is 318 g/mol. The summed E-state index contributed by atoms with van der Waals surface area (Å²) in [7, 11) is 0. The van der Waals surface area contributed by atoms with Gasteiger partial charge in [-0.3, -0.25) is 4.79 Å². The molecule has 2 amide bonds. The van der Waals surface area contributed by atoms with Gasteiger partial charge in [-0.05, 0) is 19.1 Å². The molecule has 0 saturated heterocycles. The van der Waals surface area contributed by atoms with Crippen molar-refractivity contribution in [2.24, 2.45) is 0 Å². The second-order valence-electron chi connectivity index (χ2n) is 4.33. The third-order valence-electron chi connectivity index (χ3n) is 2.76. The lowest BCUT2D eigenvalue weighted by molar-refractivity contribution is -0.137. The van der Waals surface area contributed by atoms with E-state index in [1.165, 1.54) is 18.2 Å². The first-order valence-corrected chi connectivity index (χ1v) is 6.62. The van der Waals surface area contributed by atoms with Gasteiger partial charge in [0.1, 0.15) is 0 Å². The number of benzene rings is 1. The minimum Gasteiger partial charge on any atom is -0.450 e. The number of para-hydroxylation sites is 1. The zero-order valence-electron chi connectivity index (χ0n) is 12.2. The number of hydrogen-bond donors (Lipinski definition) is 1. The molecule has 0 aliphatic heterocycles. The summed E-state index contributed by atoms with van der Waals surface area (Å²) in [6.07, 6.45) is -5.26. The SMILES string of the molecule is CCOC(=O)NCCN(C(C)=O)c1ccccc1C(F)(F)F. The quantitative estimate of drug-likeness (QED) is 0.908. The van der Waals surface area contributed by atoms with Gasteiger partial charge >= 0.3 is 12.3 Å². The average Bonchev–Trinajstić information content (AvgIpc) is 2.42. The number of alkyl carbamates (subject to hydrolysis) is 1. The molecule has 0 fully saturated rings. The fraction of sp³-hybridized carbons (Fsp3) is 0.429. The van der Waals surface area contributed by atoms with Crippen molar-refractivity contribution in [2.45, 2.75) is 20.0 Å². The molecule has 0 aromatic heterocycles. The maximum atomic E-state index is 13.0. The summed E-state index contributed by atoms with van der Waals surface area (Å²) in [6.45, 7) is 2.85. The molecule has 0 unspecified atom stereocenters. The van der Waals surface area contributed by atoms with Gasteiger partial charge in [0.2, 0.25) is 5.91 Å². The van der Waals surface area contributed by atoms with Crippen LogP contribution in [0.1, 0.15) is 19.4 Å². The number of hydrogen-bond acceptors (Lipinski definition) is 3. The number of alkyl halides is 3. The molecule has 0 aliphatic rings. The van der Waals surface area contributed by atoms with Gasteiger partial charge in [-0.15, -0.1) is 0 Å². The minimum atomic E-state index is -4.57. The van der Waals surface area contributed by atoms with E-state index >= 15 is 0 Å². The van der Waals surface area contributed by atoms with Crippen LogP contribution in [-0.4, -0.2) is 31.7 Å². The highest BCUT2D eigenvalue weighted by molar-refractivity contribution is 5.92. The fourth-order valence-corrected chi connectivity index (χ4v) is 1.85. The second kappa shape index (κ2) is 7.67. The number of carbonyl (C=O) groups excluding carboxylic acids is 2. The van der Waals surface area contributed by atoms with Crippen molar-refractivity contribution >= 4 is 17.7 Å². The normalized spacial score (nSPS) is 11.0. The second-order valence-corrected chi connectivity index (χ2v) is 4.33. The Morgan fingerprint density at radius 2 is 1.91 bits per heavy atom. The summed E-state index contributed by atoms with van der Waals surface area (Å²) in [4.78, 5) is 23.7. The Balaban J connectivity index is 2.89. The zero-order chi connectivity index (χ0) is 16.8. The predicted octanol–water partition coefficient (Wildman–Crippen LogP) is 2.80. The molecule has 0 spiro atoms. The maximum Gasteiger partial charge on any atom is 0.418 e. The van der Waals surface area contributed by atoms with E-state index in [2.05, 4.69) is 10.1 Å². The highest BCUT2D eigenvalue weighted by Gasteiger charge is 2.35. The smallest absolute Gasteiger partial charge is 0.418 e. The topological polar surface area (TPSA) is 58.6 Å². The van der Waals surface area contributed by atoms with Gasteiger partial charge in [-0.2, -0.15) is 13.2 Å². The van der Waals surface area contributed by atoms with E-state index in [9.17, 15) is 22.8 Å². The molecule has 0 atom stereocenters. The summed E-state index contributed by atoms with van der Waals surface area (Å²) in [6, 6.07) is 4.79. The molecule has 8 heteroatoms. The molecule has 0 bridgehead atoms. The molecular weight excluding hydrogens is 301 g/mol. The molecule has 0 aliphatic carbocycles. The van der Waals surface area contributed by atoms with Gasteiger partial charge in [-0.25, -0.2) is 4.79 Å². The van der Waals surface area contributed by atoms with Gasteiger partial charge in [0, 0.05) is 20.0 Å². The summed E-state index contributed by atoms with van der Waals surface area (Å²) in [5, 5.41) is 2.36. The standard InChI is InChI=1S/C14H17F3N2O3/c1-3-22-13(21)18-8-9-19(10(2)20)12-7-5-4-6-11(12)14(15,16)17/h4-7H,3,8-9H2,1-2H3,(H,18,21). The van der Waals surface area contributed by atoms with E-state index in [-0.39, 0.29) is 25.4 Å². The van der Waals surface area contributed by atoms with Gasteiger partial charge in [0.15, 0.2) is 0 Å². The van der Waals surface area contributed by atoms with Gasteiger partial charge in [0.05, 0.1) is 17.9 Å². The van der Waals surface area contributed by atoms with Crippen LogP contribution >= 0.6 is 0 Å². The molecule has 1 rings (SSSR count). The van der Waals surface area contributed by atoms with Crippen LogP contribution < -0.4 is 10.2 Å². The van der Waals surface area contributed by atoms with E-state index in [0.717, 1.165) is 17.9 Å². The minimum absolute atomic E-state index is 0.0232. The van der Waals surface area contributed by atoms with Gasteiger partial charge in [-0.1, -0.05) is 12.1 Å². The number of anilines is 1. The van der Waals surface area contributed by atoms with Gasteiger partial charge in [0.25, 0.3) is 0 Å². The van der Waals surface area contributed by atoms with Crippen molar-refractivity contribution in [3.63, 3.8) is 0 Å². The Bertz CT molecular complexity index is 532. The van der Waals surface area contributed by atoms with Crippen molar-refractivity contribution in [3.8, 4) is 0 Å². The molecule has 122 valence electrons. The van der Waals surface area contributed by atoms with E-state index in [1.807, 2.05) is 0 Å². The summed E-state index contributed by atoms with van der Waals surface area (Å²) in [5.74, 6) is -0.553. The fourth-order valence-electron chi connectivity index (χ4n) is 1.85. The number of ether oxygens (including phenoxy) is 1. The summed E-state index contributed by atoms with van der Waals surface area (Å²) >= 11 is 0. The van der Waals surface area contributed by atoms with E-state index in [4.69, 9.17) is 0 Å². The lowest BCUT2D eigenvalue weighted by Crippen LogP contribution is -2.38. The number of rotatable bonds is 5. The van der Waals surface area contributed by atoms with E-state index in [1.54, 1.807) is 6.92 Å². The molecule has 1 N–H and O–H groups in total. The van der Waals surface area contributed by atoms with Crippen LogP contribution in [0.4, 0.5) is 23.7 Å². The summed E-state index contributed by atoms with van der Waals surface area (Å²) in [5.41, 5.74) is -1.14. The molecular formula is C14H17F3N2O3. The number of carbonyl (C=O) groups is 2. The predicted molar refractivity (Wildman–Crippen MR) is 74.5 cm³/mol. The van der Waals surface area contributed by atoms with Crippen LogP contribution in [0.25, 0.3) is 0 Å². The monoisotopic (exact) mass is 318 g/mol. The van der Waals surface area contributed by atoms with Crippen molar-refractivity contribution in [2.75, 3.05) is 24.6 Å². The Labute approximate surface area is 126 Å². The number of nitrogens with zero attached hydrogens (tertiary/aromatic N) is 1. The Morgan fingerprint density at radius 1 is 1.27 bits per heavy atom. The molecule has 1 aromatic rings.